The molecule has 1 amide bonds. The first-order valence-corrected chi connectivity index (χ1v) is 6.85. The lowest BCUT2D eigenvalue weighted by atomic mass is 10.0. The number of benzene rings is 1. The Labute approximate surface area is 115 Å². The van der Waals surface area contributed by atoms with Gasteiger partial charge in [0.25, 0.3) is 5.91 Å². The highest BCUT2D eigenvalue weighted by Crippen LogP contribution is 2.25. The summed E-state index contributed by atoms with van der Waals surface area (Å²) < 4.78 is 5.58. The summed E-state index contributed by atoms with van der Waals surface area (Å²) in [6.07, 6.45) is 1.74. The zero-order chi connectivity index (χ0) is 14.3. The Morgan fingerprint density at radius 1 is 1.32 bits per heavy atom. The van der Waals surface area contributed by atoms with E-state index in [0.717, 1.165) is 18.4 Å². The number of nitrogens with one attached hydrogen (secondary N) is 1. The molecule has 0 aliphatic heterocycles. The third-order valence-corrected chi connectivity index (χ3v) is 3.14. The molecule has 19 heavy (non-hydrogen) atoms. The number of hydrogen-bond acceptors (Lipinski definition) is 3. The van der Waals surface area contributed by atoms with Crippen LogP contribution < -0.4 is 15.8 Å². The maximum absolute atomic E-state index is 11.7. The molecule has 2 atom stereocenters. The smallest absolute Gasteiger partial charge is 0.258 e. The van der Waals surface area contributed by atoms with Crippen molar-refractivity contribution in [1.29, 1.82) is 0 Å². The number of amides is 1. The molecule has 1 aromatic carbocycles. The number of carbonyl (C=O) groups is 1. The number of carbonyl (C=O) groups excluding carboxylic acids is 1. The molecule has 0 radical (unpaired) electrons. The van der Waals surface area contributed by atoms with Gasteiger partial charge in [-0.2, -0.15) is 0 Å². The van der Waals surface area contributed by atoms with Crippen LogP contribution >= 0.6 is 0 Å². The van der Waals surface area contributed by atoms with Crippen LogP contribution in [0.25, 0.3) is 0 Å². The van der Waals surface area contributed by atoms with Gasteiger partial charge in [-0.25, -0.2) is 0 Å². The molecule has 0 fully saturated rings. The molecular weight excluding hydrogens is 240 g/mol. The number of nitrogens with two attached hydrogens (primary N) is 1. The summed E-state index contributed by atoms with van der Waals surface area (Å²) in [5.74, 6) is 0.588. The summed E-state index contributed by atoms with van der Waals surface area (Å²) in [5.41, 5.74) is 6.97. The van der Waals surface area contributed by atoms with Crippen molar-refractivity contribution in [1.82, 2.24) is 5.32 Å². The molecule has 3 N–H and O–H groups in total. The Hall–Kier alpha value is -1.55. The highest BCUT2D eigenvalue weighted by molar-refractivity contribution is 5.77. The first-order valence-electron chi connectivity index (χ1n) is 6.85. The van der Waals surface area contributed by atoms with Gasteiger partial charge in [-0.3, -0.25) is 4.79 Å². The highest BCUT2D eigenvalue weighted by atomic mass is 16.5. The second kappa shape index (κ2) is 7.79. The Morgan fingerprint density at radius 3 is 2.63 bits per heavy atom. The van der Waals surface area contributed by atoms with Crippen LogP contribution in [0.5, 0.6) is 5.75 Å². The number of para-hydroxylation sites is 1. The van der Waals surface area contributed by atoms with Crippen LogP contribution in [0.3, 0.4) is 0 Å². The fraction of sp³-hybridized carbons (Fsp3) is 0.533. The molecule has 0 heterocycles. The van der Waals surface area contributed by atoms with Gasteiger partial charge in [0.05, 0.1) is 0 Å². The van der Waals surface area contributed by atoms with E-state index in [1.54, 1.807) is 0 Å². The van der Waals surface area contributed by atoms with Crippen LogP contribution in [0.2, 0.25) is 0 Å². The molecular formula is C15H24N2O2. The normalized spacial score (nSPS) is 13.7. The van der Waals surface area contributed by atoms with Gasteiger partial charge in [-0.15, -0.1) is 0 Å². The van der Waals surface area contributed by atoms with Gasteiger partial charge in [-0.1, -0.05) is 32.0 Å². The van der Waals surface area contributed by atoms with E-state index in [0.29, 0.717) is 5.75 Å². The molecule has 1 aromatic rings. The lowest BCUT2D eigenvalue weighted by molar-refractivity contribution is -0.123. The minimum Gasteiger partial charge on any atom is -0.483 e. The molecule has 0 saturated carbocycles. The quantitative estimate of drug-likeness (QED) is 0.794. The van der Waals surface area contributed by atoms with Crippen LogP contribution in [-0.2, 0) is 4.79 Å². The van der Waals surface area contributed by atoms with E-state index in [9.17, 15) is 4.79 Å². The van der Waals surface area contributed by atoms with Gasteiger partial charge in [0, 0.05) is 17.6 Å². The summed E-state index contributed by atoms with van der Waals surface area (Å²) in [4.78, 5) is 11.7. The van der Waals surface area contributed by atoms with E-state index in [1.807, 2.05) is 45.0 Å². The third kappa shape index (κ3) is 4.91. The molecule has 106 valence electrons. The van der Waals surface area contributed by atoms with Gasteiger partial charge < -0.3 is 15.8 Å². The van der Waals surface area contributed by atoms with Gasteiger partial charge >= 0.3 is 0 Å². The number of rotatable bonds is 7. The van der Waals surface area contributed by atoms with E-state index in [1.165, 1.54) is 0 Å². The highest BCUT2D eigenvalue weighted by Gasteiger charge is 2.12. The second-order valence-corrected chi connectivity index (χ2v) is 4.72. The van der Waals surface area contributed by atoms with Crippen molar-refractivity contribution in [3.63, 3.8) is 0 Å². The zero-order valence-corrected chi connectivity index (χ0v) is 12.0. The van der Waals surface area contributed by atoms with E-state index in [2.05, 4.69) is 5.32 Å². The maximum atomic E-state index is 11.7. The van der Waals surface area contributed by atoms with Crippen molar-refractivity contribution in [3.8, 4) is 5.75 Å². The Kier molecular flexibility index (Phi) is 6.36. The van der Waals surface area contributed by atoms with E-state index in [-0.39, 0.29) is 24.6 Å². The van der Waals surface area contributed by atoms with Crippen molar-refractivity contribution in [2.24, 2.45) is 5.73 Å². The SMILES string of the molecule is CCC(C)NC(=O)COc1ccccc1[C@H](N)CC. The van der Waals surface area contributed by atoms with Gasteiger partial charge in [0.1, 0.15) is 5.75 Å². The monoisotopic (exact) mass is 264 g/mol. The largest absolute Gasteiger partial charge is 0.483 e. The fourth-order valence-electron chi connectivity index (χ4n) is 1.70. The standard InChI is InChI=1S/C15H24N2O2/c1-4-11(3)17-15(18)10-19-14-9-7-6-8-12(14)13(16)5-2/h6-9,11,13H,4-5,10,16H2,1-3H3,(H,17,18)/t11?,13-/m1/s1. The van der Waals surface area contributed by atoms with Gasteiger partial charge in [0.15, 0.2) is 6.61 Å². The maximum Gasteiger partial charge on any atom is 0.258 e. The van der Waals surface area contributed by atoms with Crippen LogP contribution in [0.1, 0.15) is 45.2 Å². The zero-order valence-electron chi connectivity index (χ0n) is 12.0. The van der Waals surface area contributed by atoms with Crippen LogP contribution in [0.15, 0.2) is 24.3 Å². The molecule has 4 nitrogen and oxygen atoms in total. The van der Waals surface area contributed by atoms with Crippen molar-refractivity contribution in [3.05, 3.63) is 29.8 Å². The first kappa shape index (κ1) is 15.5. The Bertz CT molecular complexity index is 407. The molecule has 0 aromatic heterocycles. The topological polar surface area (TPSA) is 64.3 Å². The average molecular weight is 264 g/mol. The lowest BCUT2D eigenvalue weighted by Gasteiger charge is -2.16. The number of hydrogen-bond donors (Lipinski definition) is 2. The molecule has 0 aliphatic carbocycles. The summed E-state index contributed by atoms with van der Waals surface area (Å²) in [5, 5.41) is 2.87. The van der Waals surface area contributed by atoms with E-state index in [4.69, 9.17) is 10.5 Å². The van der Waals surface area contributed by atoms with Gasteiger partial charge in [0.2, 0.25) is 0 Å². The second-order valence-electron chi connectivity index (χ2n) is 4.72. The summed E-state index contributed by atoms with van der Waals surface area (Å²) in [7, 11) is 0. The Balaban J connectivity index is 2.60. The molecule has 1 unspecified atom stereocenters. The predicted octanol–water partition coefficient (Wildman–Crippen LogP) is 2.39. The van der Waals surface area contributed by atoms with Crippen molar-refractivity contribution in [2.45, 2.75) is 45.7 Å². The molecule has 4 heteroatoms. The average Bonchev–Trinajstić information content (AvgIpc) is 2.44. The van der Waals surface area contributed by atoms with E-state index >= 15 is 0 Å². The lowest BCUT2D eigenvalue weighted by Crippen LogP contribution is -2.35. The van der Waals surface area contributed by atoms with Gasteiger partial charge in [-0.05, 0) is 25.8 Å². The first-order chi connectivity index (χ1) is 9.08. The third-order valence-electron chi connectivity index (χ3n) is 3.14. The van der Waals surface area contributed by atoms with Crippen LogP contribution in [0, 0.1) is 0 Å². The molecule has 0 spiro atoms. The van der Waals surface area contributed by atoms with E-state index < -0.39 is 0 Å². The summed E-state index contributed by atoms with van der Waals surface area (Å²) >= 11 is 0. The minimum atomic E-state index is -0.103. The molecule has 0 bridgehead atoms. The molecule has 0 saturated heterocycles. The predicted molar refractivity (Wildman–Crippen MR) is 77.1 cm³/mol. The van der Waals surface area contributed by atoms with Crippen molar-refractivity contribution < 1.29 is 9.53 Å². The van der Waals surface area contributed by atoms with Crippen LogP contribution in [0.4, 0.5) is 0 Å². The number of ether oxygens (including phenoxy) is 1. The van der Waals surface area contributed by atoms with Crippen LogP contribution in [-0.4, -0.2) is 18.6 Å². The Morgan fingerprint density at radius 2 is 2.00 bits per heavy atom. The van der Waals surface area contributed by atoms with Crippen molar-refractivity contribution >= 4 is 5.91 Å². The summed E-state index contributed by atoms with van der Waals surface area (Å²) in [6, 6.07) is 7.71. The van der Waals surface area contributed by atoms with Crippen molar-refractivity contribution in [2.75, 3.05) is 6.61 Å². The fourth-order valence-corrected chi connectivity index (χ4v) is 1.70. The minimum absolute atomic E-state index is 0.0256. The molecule has 0 aliphatic rings. The molecule has 1 rings (SSSR count). The summed E-state index contributed by atoms with van der Waals surface area (Å²) in [6.45, 7) is 6.05.